The Labute approximate surface area is 232 Å². The predicted molar refractivity (Wildman–Crippen MR) is 154 cm³/mol. The molecule has 3 aliphatic heterocycles. The van der Waals surface area contributed by atoms with Gasteiger partial charge in [-0.2, -0.15) is 0 Å². The van der Waals surface area contributed by atoms with E-state index in [0.717, 1.165) is 74.5 Å². The minimum Gasteiger partial charge on any atom is -0.497 e. The van der Waals surface area contributed by atoms with E-state index in [9.17, 15) is 4.79 Å². The SMILES string of the molecule is COc1ccc(C(C2CCN(C)CC2)C2(C(c3ccc(OC)cc3)C3CCN(C)CC3)NC(=N)NC2=O)cc1. The third-order valence-electron chi connectivity index (χ3n) is 9.35. The van der Waals surface area contributed by atoms with Crippen molar-refractivity contribution < 1.29 is 14.3 Å². The maximum Gasteiger partial charge on any atom is 0.253 e. The van der Waals surface area contributed by atoms with E-state index in [2.05, 4.69) is 58.8 Å². The van der Waals surface area contributed by atoms with Crippen LogP contribution in [-0.2, 0) is 4.79 Å². The number of methoxy groups -OCH3 is 2. The van der Waals surface area contributed by atoms with Gasteiger partial charge in [-0.15, -0.1) is 0 Å². The Morgan fingerprint density at radius 3 is 1.46 bits per heavy atom. The molecule has 2 aromatic rings. The molecule has 0 aromatic heterocycles. The molecule has 0 radical (unpaired) electrons. The number of nitrogens with zero attached hydrogens (tertiary/aromatic N) is 2. The van der Waals surface area contributed by atoms with Crippen LogP contribution >= 0.6 is 0 Å². The number of benzene rings is 2. The highest BCUT2D eigenvalue weighted by atomic mass is 16.5. The smallest absolute Gasteiger partial charge is 0.253 e. The average Bonchev–Trinajstić information content (AvgIpc) is 3.25. The Morgan fingerprint density at radius 2 is 1.15 bits per heavy atom. The van der Waals surface area contributed by atoms with Crippen molar-refractivity contribution in [3.05, 3.63) is 59.7 Å². The lowest BCUT2D eigenvalue weighted by atomic mass is 9.58. The summed E-state index contributed by atoms with van der Waals surface area (Å²) in [5.74, 6) is 1.93. The van der Waals surface area contributed by atoms with Gasteiger partial charge in [-0.1, -0.05) is 24.3 Å². The zero-order valence-corrected chi connectivity index (χ0v) is 23.7. The first-order chi connectivity index (χ1) is 18.8. The van der Waals surface area contributed by atoms with E-state index in [1.54, 1.807) is 14.2 Å². The fraction of sp³-hybridized carbons (Fsp3) is 0.548. The number of hydrogen-bond acceptors (Lipinski definition) is 6. The van der Waals surface area contributed by atoms with Crippen LogP contribution in [0.2, 0.25) is 0 Å². The van der Waals surface area contributed by atoms with Gasteiger partial charge in [0.1, 0.15) is 17.0 Å². The van der Waals surface area contributed by atoms with Gasteiger partial charge in [-0.3, -0.25) is 15.5 Å². The van der Waals surface area contributed by atoms with Crippen molar-refractivity contribution >= 4 is 11.9 Å². The van der Waals surface area contributed by atoms with Crippen LogP contribution in [0.1, 0.15) is 48.6 Å². The van der Waals surface area contributed by atoms with Crippen LogP contribution in [0.3, 0.4) is 0 Å². The summed E-state index contributed by atoms with van der Waals surface area (Å²) in [4.78, 5) is 19.2. The Kier molecular flexibility index (Phi) is 8.14. The molecule has 2 atom stereocenters. The third-order valence-corrected chi connectivity index (χ3v) is 9.35. The summed E-state index contributed by atoms with van der Waals surface area (Å²) >= 11 is 0. The molecule has 2 unspecified atom stereocenters. The van der Waals surface area contributed by atoms with E-state index in [-0.39, 0.29) is 35.5 Å². The van der Waals surface area contributed by atoms with Crippen LogP contribution in [0, 0.1) is 17.2 Å². The molecule has 3 aliphatic rings. The average molecular weight is 534 g/mol. The standard InChI is InChI=1S/C31H43N5O3/c1-35-17-13-23(14-18-35)27(21-5-9-25(38-3)10-6-21)31(29(37)33-30(32)34-31)28(24-15-19-36(2)20-16-24)22-7-11-26(39-4)12-8-22/h5-12,23-24,27-28H,13-20H2,1-4H3,(H3,32,33,34,37). The highest BCUT2D eigenvalue weighted by Gasteiger charge is 2.60. The van der Waals surface area contributed by atoms with Crippen molar-refractivity contribution in [1.29, 1.82) is 5.41 Å². The number of nitrogens with one attached hydrogen (secondary N) is 3. The van der Waals surface area contributed by atoms with Gasteiger partial charge in [-0.05, 0) is 113 Å². The lowest BCUT2D eigenvalue weighted by Gasteiger charge is -2.50. The second-order valence-corrected chi connectivity index (χ2v) is 11.6. The maximum absolute atomic E-state index is 14.4. The minimum absolute atomic E-state index is 0.0907. The second-order valence-electron chi connectivity index (χ2n) is 11.6. The molecular formula is C31H43N5O3. The molecule has 0 bridgehead atoms. The van der Waals surface area contributed by atoms with E-state index in [0.29, 0.717) is 0 Å². The highest BCUT2D eigenvalue weighted by molar-refractivity contribution is 6.09. The largest absolute Gasteiger partial charge is 0.497 e. The van der Waals surface area contributed by atoms with Gasteiger partial charge in [0.05, 0.1) is 14.2 Å². The molecule has 8 heteroatoms. The van der Waals surface area contributed by atoms with E-state index in [1.807, 2.05) is 24.3 Å². The van der Waals surface area contributed by atoms with Crippen molar-refractivity contribution in [2.24, 2.45) is 11.8 Å². The summed E-state index contributed by atoms with van der Waals surface area (Å²) in [6.07, 6.45) is 4.00. The number of hydrogen-bond donors (Lipinski definition) is 3. The molecule has 1 amide bonds. The van der Waals surface area contributed by atoms with Gasteiger partial charge in [0.2, 0.25) is 0 Å². The lowest BCUT2D eigenvalue weighted by Crippen LogP contribution is -2.61. The number of guanidine groups is 1. The zero-order chi connectivity index (χ0) is 27.6. The number of amides is 1. The Hall–Kier alpha value is -3.10. The maximum atomic E-state index is 14.4. The molecule has 3 saturated heterocycles. The first-order valence-electron chi connectivity index (χ1n) is 14.2. The van der Waals surface area contributed by atoms with Crippen molar-refractivity contribution in [1.82, 2.24) is 20.4 Å². The predicted octanol–water partition coefficient (Wildman–Crippen LogP) is 3.65. The van der Waals surface area contributed by atoms with Crippen LogP contribution in [0.5, 0.6) is 11.5 Å². The molecule has 3 fully saturated rings. The van der Waals surface area contributed by atoms with Crippen LogP contribution in [0.15, 0.2) is 48.5 Å². The van der Waals surface area contributed by atoms with Crippen LogP contribution < -0.4 is 20.1 Å². The number of piperidine rings is 2. The summed E-state index contributed by atoms with van der Waals surface area (Å²) < 4.78 is 11.0. The molecule has 0 saturated carbocycles. The first-order valence-corrected chi connectivity index (χ1v) is 14.2. The van der Waals surface area contributed by atoms with Crippen LogP contribution in [0.25, 0.3) is 0 Å². The Bertz CT molecular complexity index is 1060. The van der Waals surface area contributed by atoms with Gasteiger partial charge in [0.25, 0.3) is 5.91 Å². The molecule has 3 N–H and O–H groups in total. The van der Waals surface area contributed by atoms with Crippen LogP contribution in [0.4, 0.5) is 0 Å². The summed E-state index contributed by atoms with van der Waals surface area (Å²) in [5.41, 5.74) is 1.24. The Morgan fingerprint density at radius 1 is 0.769 bits per heavy atom. The molecule has 210 valence electrons. The number of rotatable bonds is 8. The van der Waals surface area contributed by atoms with Crippen molar-refractivity contribution in [3.63, 3.8) is 0 Å². The fourth-order valence-electron chi connectivity index (χ4n) is 7.30. The monoisotopic (exact) mass is 533 g/mol. The molecular weight excluding hydrogens is 490 g/mol. The number of carbonyl (C=O) groups excluding carboxylic acids is 1. The summed E-state index contributed by atoms with van der Waals surface area (Å²) in [5, 5.41) is 15.1. The number of likely N-dealkylation sites (tertiary alicyclic amines) is 2. The summed E-state index contributed by atoms with van der Waals surface area (Å²) in [6.45, 7) is 3.98. The zero-order valence-electron chi connectivity index (χ0n) is 23.7. The molecule has 3 heterocycles. The molecule has 2 aromatic carbocycles. The van der Waals surface area contributed by atoms with E-state index in [1.165, 1.54) is 0 Å². The molecule has 8 nitrogen and oxygen atoms in total. The van der Waals surface area contributed by atoms with Gasteiger partial charge in [0.15, 0.2) is 5.96 Å². The topological polar surface area (TPSA) is 89.9 Å². The highest BCUT2D eigenvalue weighted by Crippen LogP contribution is 2.52. The first kappa shape index (κ1) is 27.5. The van der Waals surface area contributed by atoms with Crippen molar-refractivity contribution in [3.8, 4) is 11.5 Å². The summed E-state index contributed by atoms with van der Waals surface area (Å²) in [6, 6.07) is 16.5. The van der Waals surface area contributed by atoms with Gasteiger partial charge >= 0.3 is 0 Å². The number of carbonyl (C=O) groups is 1. The molecule has 0 spiro atoms. The quantitative estimate of drug-likeness (QED) is 0.480. The summed E-state index contributed by atoms with van der Waals surface area (Å²) in [7, 11) is 7.70. The molecule has 0 aliphatic carbocycles. The van der Waals surface area contributed by atoms with Gasteiger partial charge < -0.3 is 24.6 Å². The van der Waals surface area contributed by atoms with E-state index in [4.69, 9.17) is 14.9 Å². The van der Waals surface area contributed by atoms with Crippen molar-refractivity contribution in [2.75, 3.05) is 54.5 Å². The minimum atomic E-state index is -0.999. The lowest BCUT2D eigenvalue weighted by molar-refractivity contribution is -0.127. The van der Waals surface area contributed by atoms with Gasteiger partial charge in [0, 0.05) is 11.8 Å². The molecule has 39 heavy (non-hydrogen) atoms. The van der Waals surface area contributed by atoms with E-state index < -0.39 is 5.54 Å². The van der Waals surface area contributed by atoms with Gasteiger partial charge in [-0.25, -0.2) is 0 Å². The third kappa shape index (κ3) is 5.37. The van der Waals surface area contributed by atoms with Crippen LogP contribution in [-0.4, -0.2) is 81.7 Å². The fourth-order valence-corrected chi connectivity index (χ4v) is 7.30. The number of ether oxygens (including phenoxy) is 2. The second kappa shape index (κ2) is 11.6. The Balaban J connectivity index is 1.70. The van der Waals surface area contributed by atoms with E-state index >= 15 is 0 Å². The normalized spacial score (nSPS) is 25.1. The van der Waals surface area contributed by atoms with Crippen molar-refractivity contribution in [2.45, 2.75) is 43.1 Å². The molecule has 5 rings (SSSR count).